The molecule has 2 rings (SSSR count). The van der Waals surface area contributed by atoms with Gasteiger partial charge in [0.25, 0.3) is 0 Å². The van der Waals surface area contributed by atoms with Crippen molar-refractivity contribution < 1.29 is 8.78 Å². The Labute approximate surface area is 119 Å². The van der Waals surface area contributed by atoms with Crippen LogP contribution >= 0.6 is 15.9 Å². The van der Waals surface area contributed by atoms with Gasteiger partial charge in [0.1, 0.15) is 11.6 Å². The molecule has 0 aromatic heterocycles. The van der Waals surface area contributed by atoms with Crippen molar-refractivity contribution in [2.75, 3.05) is 5.32 Å². The normalized spacial score (nSPS) is 10.6. The van der Waals surface area contributed by atoms with Gasteiger partial charge in [-0.15, -0.1) is 0 Å². The summed E-state index contributed by atoms with van der Waals surface area (Å²) in [6.45, 7) is 4.54. The Kier molecular flexibility index (Phi) is 4.20. The van der Waals surface area contributed by atoms with Crippen molar-refractivity contribution in [3.05, 3.63) is 63.1 Å². The first-order valence-electron chi connectivity index (χ1n) is 5.92. The molecule has 0 spiro atoms. The molecule has 0 aliphatic carbocycles. The number of hydrogen-bond acceptors (Lipinski definition) is 1. The summed E-state index contributed by atoms with van der Waals surface area (Å²) >= 11 is 3.16. The van der Waals surface area contributed by atoms with E-state index in [4.69, 9.17) is 0 Å². The van der Waals surface area contributed by atoms with Gasteiger partial charge >= 0.3 is 0 Å². The maximum absolute atomic E-state index is 13.6. The van der Waals surface area contributed by atoms with Crippen LogP contribution in [0.2, 0.25) is 0 Å². The van der Waals surface area contributed by atoms with E-state index in [1.807, 2.05) is 26.0 Å². The van der Waals surface area contributed by atoms with E-state index < -0.39 is 11.6 Å². The van der Waals surface area contributed by atoms with Gasteiger partial charge in [0.05, 0.1) is 5.69 Å². The molecular formula is C15H14BrF2N. The maximum Gasteiger partial charge on any atom is 0.150 e. The van der Waals surface area contributed by atoms with Crippen molar-refractivity contribution in [3.63, 3.8) is 0 Å². The molecule has 0 fully saturated rings. The fraction of sp³-hybridized carbons (Fsp3) is 0.200. The molecule has 0 unspecified atom stereocenters. The Hall–Kier alpha value is -1.42. The lowest BCUT2D eigenvalue weighted by Gasteiger charge is -2.12. The molecule has 4 heteroatoms. The number of aryl methyl sites for hydroxylation is 2. The van der Waals surface area contributed by atoms with Crippen molar-refractivity contribution in [1.82, 2.24) is 0 Å². The number of nitrogens with one attached hydrogen (secondary N) is 1. The second kappa shape index (κ2) is 5.70. The molecule has 0 aliphatic heterocycles. The van der Waals surface area contributed by atoms with Crippen LogP contribution in [-0.4, -0.2) is 0 Å². The van der Waals surface area contributed by atoms with Crippen LogP contribution in [0.5, 0.6) is 0 Å². The van der Waals surface area contributed by atoms with Crippen LogP contribution in [0.15, 0.2) is 34.8 Å². The number of rotatable bonds is 3. The predicted octanol–water partition coefficient (Wildman–Crippen LogP) is 4.96. The first kappa shape index (κ1) is 14.0. The van der Waals surface area contributed by atoms with Crippen LogP contribution in [-0.2, 0) is 6.54 Å². The Balaban J connectivity index is 2.19. The third-order valence-electron chi connectivity index (χ3n) is 2.96. The lowest BCUT2D eigenvalue weighted by atomic mass is 10.1. The van der Waals surface area contributed by atoms with Crippen molar-refractivity contribution in [2.45, 2.75) is 20.4 Å². The van der Waals surface area contributed by atoms with Crippen molar-refractivity contribution in [1.29, 1.82) is 0 Å². The van der Waals surface area contributed by atoms with Gasteiger partial charge in [0, 0.05) is 17.1 Å². The van der Waals surface area contributed by atoms with E-state index in [9.17, 15) is 8.78 Å². The highest BCUT2D eigenvalue weighted by Gasteiger charge is 2.09. The van der Waals surface area contributed by atoms with Gasteiger partial charge in [0.2, 0.25) is 0 Å². The Morgan fingerprint density at radius 3 is 2.47 bits per heavy atom. The fourth-order valence-corrected chi connectivity index (χ4v) is 2.49. The molecule has 0 heterocycles. The topological polar surface area (TPSA) is 12.0 Å². The lowest BCUT2D eigenvalue weighted by molar-refractivity contribution is 0.583. The fourth-order valence-electron chi connectivity index (χ4n) is 1.94. The van der Waals surface area contributed by atoms with Crippen LogP contribution in [0.1, 0.15) is 16.7 Å². The number of anilines is 1. The third-order valence-corrected chi connectivity index (χ3v) is 3.59. The summed E-state index contributed by atoms with van der Waals surface area (Å²) in [4.78, 5) is 0. The van der Waals surface area contributed by atoms with E-state index in [1.54, 1.807) is 0 Å². The standard InChI is InChI=1S/C15H14BrF2N/c1-9-3-4-11(10(2)5-9)8-19-15-13(16)6-12(17)7-14(15)18/h3-7,19H,8H2,1-2H3. The van der Waals surface area contributed by atoms with Gasteiger partial charge in [-0.1, -0.05) is 23.8 Å². The molecule has 1 N–H and O–H groups in total. The van der Waals surface area contributed by atoms with Crippen LogP contribution < -0.4 is 5.32 Å². The van der Waals surface area contributed by atoms with Crippen LogP contribution in [0.4, 0.5) is 14.5 Å². The quantitative estimate of drug-likeness (QED) is 0.841. The Morgan fingerprint density at radius 2 is 1.84 bits per heavy atom. The molecule has 2 aromatic carbocycles. The van der Waals surface area contributed by atoms with E-state index in [2.05, 4.69) is 27.3 Å². The molecule has 0 bridgehead atoms. The molecular weight excluding hydrogens is 312 g/mol. The SMILES string of the molecule is Cc1ccc(CNc2c(F)cc(F)cc2Br)c(C)c1. The van der Waals surface area contributed by atoms with Crippen molar-refractivity contribution >= 4 is 21.6 Å². The number of hydrogen-bond donors (Lipinski definition) is 1. The van der Waals surface area contributed by atoms with Gasteiger partial charge in [0.15, 0.2) is 0 Å². The molecule has 0 saturated carbocycles. The molecule has 0 radical (unpaired) electrons. The van der Waals surface area contributed by atoms with Crippen LogP contribution in [0.3, 0.4) is 0 Å². The van der Waals surface area contributed by atoms with E-state index >= 15 is 0 Å². The minimum absolute atomic E-state index is 0.279. The monoisotopic (exact) mass is 325 g/mol. The highest BCUT2D eigenvalue weighted by Crippen LogP contribution is 2.27. The first-order valence-corrected chi connectivity index (χ1v) is 6.71. The molecule has 0 amide bonds. The van der Waals surface area contributed by atoms with Crippen molar-refractivity contribution in [2.24, 2.45) is 0 Å². The summed E-state index contributed by atoms with van der Waals surface area (Å²) in [6.07, 6.45) is 0. The first-order chi connectivity index (χ1) is 8.97. The molecule has 1 nitrogen and oxygen atoms in total. The van der Waals surface area contributed by atoms with Gasteiger partial charge in [-0.3, -0.25) is 0 Å². The van der Waals surface area contributed by atoms with Gasteiger partial charge < -0.3 is 5.32 Å². The van der Waals surface area contributed by atoms with E-state index in [0.717, 1.165) is 17.2 Å². The second-order valence-corrected chi connectivity index (χ2v) is 5.38. The Morgan fingerprint density at radius 1 is 1.11 bits per heavy atom. The maximum atomic E-state index is 13.6. The molecule has 19 heavy (non-hydrogen) atoms. The van der Waals surface area contributed by atoms with E-state index in [0.29, 0.717) is 11.0 Å². The molecule has 0 saturated heterocycles. The zero-order valence-corrected chi connectivity index (χ0v) is 12.3. The summed E-state index contributed by atoms with van der Waals surface area (Å²) < 4.78 is 27.0. The van der Waals surface area contributed by atoms with E-state index in [-0.39, 0.29) is 5.69 Å². The smallest absolute Gasteiger partial charge is 0.150 e. The predicted molar refractivity (Wildman–Crippen MR) is 77.3 cm³/mol. The highest BCUT2D eigenvalue weighted by molar-refractivity contribution is 9.10. The third kappa shape index (κ3) is 3.32. The lowest BCUT2D eigenvalue weighted by Crippen LogP contribution is -2.04. The summed E-state index contributed by atoms with van der Waals surface area (Å²) in [7, 11) is 0. The molecule has 2 aromatic rings. The van der Waals surface area contributed by atoms with Crippen molar-refractivity contribution in [3.8, 4) is 0 Å². The minimum atomic E-state index is -0.600. The average Bonchev–Trinajstić information content (AvgIpc) is 2.30. The zero-order valence-electron chi connectivity index (χ0n) is 10.7. The van der Waals surface area contributed by atoms with Gasteiger partial charge in [-0.05, 0) is 47.0 Å². The summed E-state index contributed by atoms with van der Waals surface area (Å²) in [5.41, 5.74) is 3.70. The zero-order chi connectivity index (χ0) is 14.0. The van der Waals surface area contributed by atoms with Crippen LogP contribution in [0, 0.1) is 25.5 Å². The summed E-state index contributed by atoms with van der Waals surface area (Å²) in [5.74, 6) is -1.20. The number of halogens is 3. The van der Waals surface area contributed by atoms with Gasteiger partial charge in [-0.2, -0.15) is 0 Å². The molecule has 0 atom stereocenters. The number of benzene rings is 2. The van der Waals surface area contributed by atoms with E-state index in [1.165, 1.54) is 11.6 Å². The summed E-state index contributed by atoms with van der Waals surface area (Å²) in [5, 5.41) is 3.00. The highest BCUT2D eigenvalue weighted by atomic mass is 79.9. The largest absolute Gasteiger partial charge is 0.378 e. The van der Waals surface area contributed by atoms with Crippen LogP contribution in [0.25, 0.3) is 0 Å². The Bertz CT molecular complexity index is 588. The molecule has 0 aliphatic rings. The molecule has 100 valence electrons. The van der Waals surface area contributed by atoms with Gasteiger partial charge in [-0.25, -0.2) is 8.78 Å². The average molecular weight is 326 g/mol. The summed E-state index contributed by atoms with van der Waals surface area (Å²) in [6, 6.07) is 8.21. The minimum Gasteiger partial charge on any atom is -0.378 e. The second-order valence-electron chi connectivity index (χ2n) is 4.53.